The molecule has 1 atom stereocenters. The summed E-state index contributed by atoms with van der Waals surface area (Å²) < 4.78 is 20.7. The molecule has 3 nitrogen and oxygen atoms in total. The van der Waals surface area contributed by atoms with E-state index in [9.17, 15) is 0 Å². The van der Waals surface area contributed by atoms with Gasteiger partial charge in [-0.1, -0.05) is 61.7 Å². The fraction of sp³-hybridized carbons (Fsp3) is 0.850. The molecule has 0 aromatic carbocycles. The highest BCUT2D eigenvalue weighted by molar-refractivity contribution is 6.83. The molecule has 26 heavy (non-hydrogen) atoms. The first-order chi connectivity index (χ1) is 12.1. The predicted molar refractivity (Wildman–Crippen MR) is 116 cm³/mol. The summed E-state index contributed by atoms with van der Waals surface area (Å²) in [6, 6.07) is 0. The number of hydrogen-bond donors (Lipinski definition) is 0. The van der Waals surface area contributed by atoms with Crippen molar-refractivity contribution in [2.75, 3.05) is 6.61 Å². The summed E-state index contributed by atoms with van der Waals surface area (Å²) in [4.78, 5) is 0. The predicted octanol–water partition coefficient (Wildman–Crippen LogP) is 6.02. The zero-order chi connectivity index (χ0) is 20.1. The molecule has 1 aliphatic heterocycles. The van der Waals surface area contributed by atoms with E-state index < -0.39 is 17.1 Å². The van der Waals surface area contributed by atoms with Gasteiger partial charge in [0.25, 0.3) is 0 Å². The molecule has 2 radical (unpaired) electrons. The van der Waals surface area contributed by atoms with E-state index >= 15 is 0 Å². The van der Waals surface area contributed by atoms with Crippen molar-refractivity contribution in [3.05, 3.63) is 17.4 Å². The van der Waals surface area contributed by atoms with Crippen molar-refractivity contribution in [1.29, 1.82) is 0 Å². The van der Waals surface area contributed by atoms with Gasteiger partial charge in [-0.15, -0.1) is 5.73 Å². The van der Waals surface area contributed by atoms with Crippen LogP contribution < -0.4 is 0 Å². The first-order valence-corrected chi connectivity index (χ1v) is 14.1. The Balaban J connectivity index is 3.48. The van der Waals surface area contributed by atoms with E-state index in [1.54, 1.807) is 0 Å². The molecule has 0 bridgehead atoms. The van der Waals surface area contributed by atoms with Gasteiger partial charge >= 0.3 is 17.1 Å². The van der Waals surface area contributed by atoms with Crippen molar-refractivity contribution in [3.8, 4) is 0 Å². The SMILES string of the molecule is [B]CC(=C=CC)C1CCO[Si](C(C)C)(C(C)C)O[Si](C(C)C)(C(C)C)O1. The van der Waals surface area contributed by atoms with Crippen LogP contribution in [0.3, 0.4) is 0 Å². The lowest BCUT2D eigenvalue weighted by Gasteiger charge is -2.51. The maximum absolute atomic E-state index is 7.16. The van der Waals surface area contributed by atoms with E-state index in [4.69, 9.17) is 20.8 Å². The molecule has 0 saturated carbocycles. The normalized spacial score (nSPS) is 23.0. The van der Waals surface area contributed by atoms with Crippen LogP contribution in [-0.4, -0.2) is 37.7 Å². The van der Waals surface area contributed by atoms with Crippen molar-refractivity contribution in [1.82, 2.24) is 0 Å². The highest BCUT2D eigenvalue weighted by atomic mass is 28.5. The molecule has 1 heterocycles. The highest BCUT2D eigenvalue weighted by Gasteiger charge is 2.57. The largest absolute Gasteiger partial charge is 0.414 e. The number of hydrogen-bond acceptors (Lipinski definition) is 3. The van der Waals surface area contributed by atoms with Gasteiger partial charge in [0.1, 0.15) is 0 Å². The molecule has 0 aliphatic carbocycles. The third-order valence-electron chi connectivity index (χ3n) is 5.51. The lowest BCUT2D eigenvalue weighted by molar-refractivity contribution is 0.0829. The van der Waals surface area contributed by atoms with E-state index in [1.807, 2.05) is 13.0 Å². The van der Waals surface area contributed by atoms with E-state index in [0.717, 1.165) is 12.0 Å². The van der Waals surface area contributed by atoms with Gasteiger partial charge in [0.15, 0.2) is 0 Å². The summed E-state index contributed by atoms with van der Waals surface area (Å²) in [5.41, 5.74) is 5.74. The minimum Gasteiger partial charge on any atom is -0.414 e. The van der Waals surface area contributed by atoms with Crippen molar-refractivity contribution < 1.29 is 13.0 Å². The quantitative estimate of drug-likeness (QED) is 0.407. The first kappa shape index (κ1) is 23.9. The lowest BCUT2D eigenvalue weighted by Crippen LogP contribution is -2.63. The molecular formula is C20H39BO3Si2. The van der Waals surface area contributed by atoms with E-state index in [-0.39, 0.29) is 6.10 Å². The summed E-state index contributed by atoms with van der Waals surface area (Å²) in [6.45, 7) is 20.6. The Morgan fingerprint density at radius 3 is 1.88 bits per heavy atom. The molecule has 6 heteroatoms. The second-order valence-electron chi connectivity index (χ2n) is 8.57. The second kappa shape index (κ2) is 9.90. The van der Waals surface area contributed by atoms with Crippen LogP contribution in [0.1, 0.15) is 68.7 Å². The Hall–Kier alpha value is -0.101. The smallest absolute Gasteiger partial charge is 0.335 e. The molecule has 0 N–H and O–H groups in total. The van der Waals surface area contributed by atoms with Crippen LogP contribution in [0.4, 0.5) is 0 Å². The average Bonchev–Trinajstić information content (AvgIpc) is 2.52. The van der Waals surface area contributed by atoms with Gasteiger partial charge in [-0.25, -0.2) is 0 Å². The van der Waals surface area contributed by atoms with Crippen LogP contribution in [0.25, 0.3) is 0 Å². The van der Waals surface area contributed by atoms with Crippen LogP contribution in [-0.2, 0) is 13.0 Å². The maximum atomic E-state index is 7.16. The van der Waals surface area contributed by atoms with E-state index in [0.29, 0.717) is 35.1 Å². The fourth-order valence-corrected chi connectivity index (χ4v) is 15.2. The zero-order valence-electron chi connectivity index (χ0n) is 18.4. The summed E-state index contributed by atoms with van der Waals surface area (Å²) >= 11 is 0. The van der Waals surface area contributed by atoms with Gasteiger partial charge in [-0.3, -0.25) is 0 Å². The molecule has 1 unspecified atom stereocenters. The standard InChI is InChI=1S/C20H39BO3Si2/c1-10-11-19(14-21)20-12-13-22-25(15(2)3,16(4)5)24-26(23-20,17(6)7)18(8)9/h10,15-18,20H,12-14H2,1-9H3. The lowest BCUT2D eigenvalue weighted by atomic mass is 9.92. The highest BCUT2D eigenvalue weighted by Crippen LogP contribution is 2.46. The fourth-order valence-electron chi connectivity index (χ4n) is 4.03. The minimum absolute atomic E-state index is 0.0704. The van der Waals surface area contributed by atoms with Crippen LogP contribution >= 0.6 is 0 Å². The molecule has 0 aromatic rings. The van der Waals surface area contributed by atoms with Crippen molar-refractivity contribution in [2.24, 2.45) is 0 Å². The van der Waals surface area contributed by atoms with Gasteiger partial charge in [-0.05, 0) is 47.2 Å². The Kier molecular flexibility index (Phi) is 9.12. The number of rotatable bonds is 6. The molecule has 1 aliphatic rings. The molecule has 0 amide bonds. The molecule has 1 rings (SSSR count). The topological polar surface area (TPSA) is 27.7 Å². The molecule has 0 aromatic heterocycles. The zero-order valence-corrected chi connectivity index (χ0v) is 20.4. The van der Waals surface area contributed by atoms with Crippen LogP contribution in [0, 0.1) is 0 Å². The summed E-state index contributed by atoms with van der Waals surface area (Å²) in [6.07, 6.45) is 3.12. The van der Waals surface area contributed by atoms with Gasteiger partial charge in [0.05, 0.1) is 14.0 Å². The Morgan fingerprint density at radius 1 is 1.00 bits per heavy atom. The Morgan fingerprint density at radius 2 is 1.50 bits per heavy atom. The van der Waals surface area contributed by atoms with Crippen LogP contribution in [0.5, 0.6) is 0 Å². The van der Waals surface area contributed by atoms with E-state index in [2.05, 4.69) is 61.1 Å². The summed E-state index contributed by atoms with van der Waals surface area (Å²) in [5.74, 6) is 0. The average molecular weight is 395 g/mol. The Labute approximate surface area is 165 Å². The van der Waals surface area contributed by atoms with Gasteiger partial charge in [-0.2, -0.15) is 0 Å². The molecule has 148 valence electrons. The van der Waals surface area contributed by atoms with Crippen molar-refractivity contribution in [3.63, 3.8) is 0 Å². The maximum Gasteiger partial charge on any atom is 0.335 e. The third kappa shape index (κ3) is 4.84. The molecule has 1 fully saturated rings. The monoisotopic (exact) mass is 394 g/mol. The van der Waals surface area contributed by atoms with Crippen molar-refractivity contribution in [2.45, 2.75) is 103 Å². The first-order valence-electron chi connectivity index (χ1n) is 10.2. The van der Waals surface area contributed by atoms with Gasteiger partial charge < -0.3 is 13.0 Å². The molecule has 0 spiro atoms. The molecule has 1 saturated heterocycles. The molecular weight excluding hydrogens is 355 g/mol. The van der Waals surface area contributed by atoms with Gasteiger partial charge in [0.2, 0.25) is 0 Å². The second-order valence-corrected chi connectivity index (χ2v) is 17.4. The van der Waals surface area contributed by atoms with Crippen LogP contribution in [0.15, 0.2) is 17.4 Å². The van der Waals surface area contributed by atoms with E-state index in [1.165, 1.54) is 0 Å². The van der Waals surface area contributed by atoms with Crippen molar-refractivity contribution >= 4 is 25.0 Å². The van der Waals surface area contributed by atoms with Crippen LogP contribution in [0.2, 0.25) is 28.5 Å². The summed E-state index contributed by atoms with van der Waals surface area (Å²) in [5, 5.41) is 0. The minimum atomic E-state index is -2.55. The van der Waals surface area contributed by atoms with Gasteiger partial charge in [0, 0.05) is 6.61 Å². The summed E-state index contributed by atoms with van der Waals surface area (Å²) in [7, 11) is 1.06. The third-order valence-corrected chi connectivity index (χ3v) is 15.8. The Bertz CT molecular complexity index is 495.